The average molecular weight is 300 g/mol. The molecule has 0 amide bonds. The van der Waals surface area contributed by atoms with Crippen LogP contribution in [-0.2, 0) is 14.3 Å². The van der Waals surface area contributed by atoms with Gasteiger partial charge in [-0.2, -0.15) is 0 Å². The predicted octanol–water partition coefficient (Wildman–Crippen LogP) is 1.25. The lowest BCUT2D eigenvalue weighted by Gasteiger charge is -2.36. The van der Waals surface area contributed by atoms with E-state index in [1.165, 1.54) is 24.3 Å². The summed E-state index contributed by atoms with van der Waals surface area (Å²) in [5.41, 5.74) is -1.76. The number of hydrogen-bond donors (Lipinski definition) is 1. The Bertz CT molecular complexity index is 786. The lowest BCUT2D eigenvalue weighted by atomic mass is 9.78. The van der Waals surface area contributed by atoms with E-state index in [2.05, 4.69) is 4.74 Å². The number of carbonyl (C=O) groups is 3. The molecule has 0 saturated heterocycles. The van der Waals surface area contributed by atoms with E-state index in [1.54, 1.807) is 6.92 Å². The quantitative estimate of drug-likeness (QED) is 0.620. The molecule has 0 saturated carbocycles. The number of carbonyl (C=O) groups excluding carboxylic acids is 3. The van der Waals surface area contributed by atoms with Crippen molar-refractivity contribution >= 4 is 17.5 Å². The van der Waals surface area contributed by atoms with Crippen LogP contribution >= 0.6 is 0 Å². The van der Waals surface area contributed by atoms with Crippen molar-refractivity contribution < 1.29 is 29.0 Å². The zero-order chi connectivity index (χ0) is 16.1. The minimum absolute atomic E-state index is 0.0197. The Balaban J connectivity index is 2.32. The number of aryl methyl sites for hydroxylation is 1. The van der Waals surface area contributed by atoms with Gasteiger partial charge in [-0.1, -0.05) is 6.08 Å². The third kappa shape index (κ3) is 1.64. The lowest BCUT2D eigenvalue weighted by Crippen LogP contribution is -2.58. The number of hydrogen-bond acceptors (Lipinski definition) is 6. The van der Waals surface area contributed by atoms with Crippen molar-refractivity contribution in [1.29, 1.82) is 0 Å². The Morgan fingerprint density at radius 2 is 2.05 bits per heavy atom. The standard InChI is InChI=1S/C16H12O6/c1-8-6-10(17)13-11(7-8)22-16(15(20)21-2)9(14(13)19)4-3-5-12(16)18/h3-7,17H,1-2H3. The van der Waals surface area contributed by atoms with Gasteiger partial charge >= 0.3 is 5.97 Å². The minimum Gasteiger partial charge on any atom is -0.507 e. The zero-order valence-corrected chi connectivity index (χ0v) is 11.9. The van der Waals surface area contributed by atoms with Crippen LogP contribution in [0.4, 0.5) is 0 Å². The van der Waals surface area contributed by atoms with Crippen molar-refractivity contribution in [2.24, 2.45) is 0 Å². The molecule has 0 bridgehead atoms. The highest BCUT2D eigenvalue weighted by Crippen LogP contribution is 2.43. The monoisotopic (exact) mass is 300 g/mol. The molecule has 112 valence electrons. The number of aromatic hydroxyl groups is 1. The smallest absolute Gasteiger partial charge is 0.363 e. The van der Waals surface area contributed by atoms with Gasteiger partial charge in [0.1, 0.15) is 17.1 Å². The van der Waals surface area contributed by atoms with Crippen molar-refractivity contribution in [3.63, 3.8) is 0 Å². The largest absolute Gasteiger partial charge is 0.507 e. The lowest BCUT2D eigenvalue weighted by molar-refractivity contribution is -0.160. The molecule has 1 aliphatic heterocycles. The SMILES string of the molecule is COC(=O)C12Oc3cc(C)cc(O)c3C(=O)C1=CC=CC2=O. The van der Waals surface area contributed by atoms with Crippen LogP contribution < -0.4 is 4.74 Å². The molecule has 1 N–H and O–H groups in total. The molecule has 0 aromatic heterocycles. The van der Waals surface area contributed by atoms with E-state index in [0.717, 1.165) is 13.2 Å². The number of Topliss-reactive ketones (excluding diaryl/α,β-unsaturated/α-hetero) is 1. The van der Waals surface area contributed by atoms with Gasteiger partial charge in [0.15, 0.2) is 0 Å². The van der Waals surface area contributed by atoms with Crippen LogP contribution in [0.25, 0.3) is 0 Å². The van der Waals surface area contributed by atoms with Crippen LogP contribution in [0.1, 0.15) is 15.9 Å². The van der Waals surface area contributed by atoms with Crippen molar-refractivity contribution in [2.45, 2.75) is 12.5 Å². The second-order valence-electron chi connectivity index (χ2n) is 5.06. The molecule has 1 heterocycles. The first kappa shape index (κ1) is 14.1. The van der Waals surface area contributed by atoms with Crippen LogP contribution in [0.3, 0.4) is 0 Å². The summed E-state index contributed by atoms with van der Waals surface area (Å²) in [4.78, 5) is 37.2. The van der Waals surface area contributed by atoms with Crippen molar-refractivity contribution in [2.75, 3.05) is 7.11 Å². The van der Waals surface area contributed by atoms with Crippen LogP contribution in [0.5, 0.6) is 11.5 Å². The summed E-state index contributed by atoms with van der Waals surface area (Å²) in [6.45, 7) is 1.69. The average Bonchev–Trinajstić information content (AvgIpc) is 2.47. The van der Waals surface area contributed by atoms with Gasteiger partial charge in [0.05, 0.1) is 12.7 Å². The Morgan fingerprint density at radius 1 is 1.32 bits per heavy atom. The fourth-order valence-electron chi connectivity index (χ4n) is 2.68. The number of rotatable bonds is 1. The maximum atomic E-state index is 12.7. The summed E-state index contributed by atoms with van der Waals surface area (Å²) < 4.78 is 10.3. The summed E-state index contributed by atoms with van der Waals surface area (Å²) in [6, 6.07) is 2.90. The summed E-state index contributed by atoms with van der Waals surface area (Å²) in [5.74, 6) is -2.60. The second kappa shape index (κ2) is 4.56. The first-order valence-electron chi connectivity index (χ1n) is 6.51. The van der Waals surface area contributed by atoms with Crippen LogP contribution in [0.15, 0.2) is 35.9 Å². The second-order valence-corrected chi connectivity index (χ2v) is 5.06. The predicted molar refractivity (Wildman–Crippen MR) is 74.8 cm³/mol. The molecule has 6 heteroatoms. The molecule has 1 aliphatic carbocycles. The number of esters is 1. The normalized spacial score (nSPS) is 22.4. The topological polar surface area (TPSA) is 89.9 Å². The van der Waals surface area contributed by atoms with Gasteiger partial charge in [0.25, 0.3) is 5.60 Å². The van der Waals surface area contributed by atoms with Crippen LogP contribution in [-0.4, -0.2) is 35.4 Å². The third-order valence-corrected chi connectivity index (χ3v) is 3.67. The van der Waals surface area contributed by atoms with E-state index in [0.29, 0.717) is 5.56 Å². The van der Waals surface area contributed by atoms with Crippen molar-refractivity contribution in [3.8, 4) is 11.5 Å². The van der Waals surface area contributed by atoms with Gasteiger partial charge in [0, 0.05) is 0 Å². The number of ether oxygens (including phenoxy) is 2. The first-order valence-corrected chi connectivity index (χ1v) is 6.51. The van der Waals surface area contributed by atoms with Gasteiger partial charge in [0.2, 0.25) is 11.6 Å². The van der Waals surface area contributed by atoms with E-state index < -0.39 is 23.1 Å². The van der Waals surface area contributed by atoms with E-state index in [1.807, 2.05) is 0 Å². The highest BCUT2D eigenvalue weighted by atomic mass is 16.6. The fraction of sp³-hybridized carbons (Fsp3) is 0.188. The maximum Gasteiger partial charge on any atom is 0.363 e. The minimum atomic E-state index is -2.15. The number of benzene rings is 1. The molecular weight excluding hydrogens is 288 g/mol. The molecule has 1 aromatic carbocycles. The van der Waals surface area contributed by atoms with E-state index >= 15 is 0 Å². The summed E-state index contributed by atoms with van der Waals surface area (Å²) in [6.07, 6.45) is 3.83. The Labute approximate surface area is 125 Å². The number of methoxy groups -OCH3 is 1. The molecule has 6 nitrogen and oxygen atoms in total. The Kier molecular flexibility index (Phi) is 2.91. The molecular formula is C16H12O6. The van der Waals surface area contributed by atoms with Crippen LogP contribution in [0, 0.1) is 6.92 Å². The fourth-order valence-corrected chi connectivity index (χ4v) is 2.68. The molecule has 1 atom stereocenters. The van der Waals surface area contributed by atoms with Crippen LogP contribution in [0.2, 0.25) is 0 Å². The highest BCUT2D eigenvalue weighted by molar-refractivity contribution is 6.28. The summed E-state index contributed by atoms with van der Waals surface area (Å²) >= 11 is 0. The zero-order valence-electron chi connectivity index (χ0n) is 11.9. The van der Waals surface area contributed by atoms with E-state index in [-0.39, 0.29) is 22.6 Å². The van der Waals surface area contributed by atoms with Crippen molar-refractivity contribution in [1.82, 2.24) is 0 Å². The van der Waals surface area contributed by atoms with Gasteiger partial charge in [-0.15, -0.1) is 0 Å². The number of allylic oxidation sites excluding steroid dienone is 2. The molecule has 3 rings (SSSR count). The highest BCUT2D eigenvalue weighted by Gasteiger charge is 2.58. The molecule has 2 aliphatic rings. The number of phenols is 1. The number of phenolic OH excluding ortho intramolecular Hbond substituents is 1. The summed E-state index contributed by atoms with van der Waals surface area (Å²) in [5, 5.41) is 10.00. The van der Waals surface area contributed by atoms with Gasteiger partial charge in [-0.05, 0) is 36.8 Å². The van der Waals surface area contributed by atoms with Gasteiger partial charge in [-0.25, -0.2) is 4.79 Å². The van der Waals surface area contributed by atoms with E-state index in [4.69, 9.17) is 4.74 Å². The molecule has 1 unspecified atom stereocenters. The number of ketones is 2. The molecule has 22 heavy (non-hydrogen) atoms. The molecule has 1 aromatic rings. The maximum absolute atomic E-state index is 12.7. The third-order valence-electron chi connectivity index (χ3n) is 3.67. The molecule has 0 spiro atoms. The first-order chi connectivity index (χ1) is 10.4. The van der Waals surface area contributed by atoms with Gasteiger partial charge < -0.3 is 14.6 Å². The Morgan fingerprint density at radius 3 is 2.73 bits per heavy atom. The van der Waals surface area contributed by atoms with E-state index in [9.17, 15) is 19.5 Å². The van der Waals surface area contributed by atoms with Crippen molar-refractivity contribution in [3.05, 3.63) is 47.1 Å². The Hall–Kier alpha value is -2.89. The summed E-state index contributed by atoms with van der Waals surface area (Å²) in [7, 11) is 1.11. The molecule has 0 radical (unpaired) electrons. The number of fused-ring (bicyclic) bond motifs is 2. The van der Waals surface area contributed by atoms with Gasteiger partial charge in [-0.3, -0.25) is 9.59 Å². The molecule has 0 fully saturated rings.